The van der Waals surface area contributed by atoms with Crippen molar-refractivity contribution >= 4 is 17.4 Å². The van der Waals surface area contributed by atoms with Crippen molar-refractivity contribution in [2.24, 2.45) is 0 Å². The number of H-pyrrole nitrogens is 1. The number of benzene rings is 1. The molecule has 3 rings (SSSR count). The van der Waals surface area contributed by atoms with Crippen molar-refractivity contribution < 1.29 is 14.3 Å². The first-order chi connectivity index (χ1) is 12.4. The molecule has 2 aromatic heterocycles. The Balaban J connectivity index is 1.51. The van der Waals surface area contributed by atoms with Gasteiger partial charge in [0.25, 0.3) is 6.01 Å². The largest absolute Gasteiger partial charge is 0.494 e. The molecule has 0 amide bonds. The predicted molar refractivity (Wildman–Crippen MR) is 101 cm³/mol. The number of oxazole rings is 1. The van der Waals surface area contributed by atoms with Crippen molar-refractivity contribution in [3.8, 4) is 11.6 Å². The zero-order valence-electron chi connectivity index (χ0n) is 14.9. The van der Waals surface area contributed by atoms with Crippen LogP contribution in [0.15, 0.2) is 33.5 Å². The molecule has 26 heavy (non-hydrogen) atoms. The Morgan fingerprint density at radius 1 is 1.31 bits per heavy atom. The second-order valence-electron chi connectivity index (χ2n) is 6.02. The van der Waals surface area contributed by atoms with Gasteiger partial charge in [0.2, 0.25) is 5.88 Å². The molecule has 7 nitrogen and oxygen atoms in total. The standard InChI is InChI=1S/C18H21N3O4S/c1-11-12(2)25-17(19-11)21(3)8-9-24-14-6-4-13(5-7-14)10-15-16(22)20-18(23)26-15/h4-7,22H,8-10H2,1-3H3,(H,20,23). The number of thiazole rings is 1. The topological polar surface area (TPSA) is 91.6 Å². The van der Waals surface area contributed by atoms with Crippen LogP contribution in [0.3, 0.4) is 0 Å². The lowest BCUT2D eigenvalue weighted by molar-refractivity contribution is 0.322. The maximum absolute atomic E-state index is 11.2. The average Bonchev–Trinajstić information content (AvgIpc) is 3.10. The number of ether oxygens (including phenoxy) is 1. The molecule has 1 aromatic carbocycles. The van der Waals surface area contributed by atoms with Crippen LogP contribution in [0.2, 0.25) is 0 Å². The van der Waals surface area contributed by atoms with Crippen LogP contribution in [0.1, 0.15) is 21.9 Å². The SMILES string of the molecule is Cc1nc(N(C)CCOc2ccc(Cc3sc(=O)[nH]c3O)cc2)oc1C. The van der Waals surface area contributed by atoms with E-state index in [0.717, 1.165) is 34.1 Å². The first-order valence-electron chi connectivity index (χ1n) is 8.20. The Labute approximate surface area is 154 Å². The Kier molecular flexibility index (Phi) is 5.32. The summed E-state index contributed by atoms with van der Waals surface area (Å²) in [6.45, 7) is 4.95. The van der Waals surface area contributed by atoms with Crippen molar-refractivity contribution in [2.75, 3.05) is 25.1 Å². The van der Waals surface area contributed by atoms with Crippen molar-refractivity contribution in [3.63, 3.8) is 0 Å². The molecule has 0 fully saturated rings. The highest BCUT2D eigenvalue weighted by atomic mass is 32.1. The summed E-state index contributed by atoms with van der Waals surface area (Å²) in [5.74, 6) is 1.52. The predicted octanol–water partition coefficient (Wildman–Crippen LogP) is 2.85. The number of aromatic nitrogens is 2. The van der Waals surface area contributed by atoms with E-state index in [4.69, 9.17) is 9.15 Å². The summed E-state index contributed by atoms with van der Waals surface area (Å²) < 4.78 is 11.3. The number of nitrogens with one attached hydrogen (secondary N) is 1. The molecular formula is C18H21N3O4S. The van der Waals surface area contributed by atoms with Crippen LogP contribution in [-0.2, 0) is 6.42 Å². The minimum absolute atomic E-state index is 0.0552. The number of aryl methyl sites for hydroxylation is 2. The van der Waals surface area contributed by atoms with Crippen molar-refractivity contribution in [2.45, 2.75) is 20.3 Å². The third-order valence-corrected chi connectivity index (χ3v) is 4.90. The first kappa shape index (κ1) is 18.1. The minimum Gasteiger partial charge on any atom is -0.494 e. The smallest absolute Gasteiger partial charge is 0.307 e. The van der Waals surface area contributed by atoms with Crippen LogP contribution >= 0.6 is 11.3 Å². The lowest BCUT2D eigenvalue weighted by Crippen LogP contribution is -2.24. The molecule has 2 heterocycles. The van der Waals surface area contributed by atoms with E-state index in [1.165, 1.54) is 0 Å². The average molecular weight is 375 g/mol. The van der Waals surface area contributed by atoms with Crippen LogP contribution < -0.4 is 14.5 Å². The summed E-state index contributed by atoms with van der Waals surface area (Å²) in [5.41, 5.74) is 1.88. The van der Waals surface area contributed by atoms with Crippen LogP contribution in [0.5, 0.6) is 11.6 Å². The zero-order chi connectivity index (χ0) is 18.7. The van der Waals surface area contributed by atoms with Gasteiger partial charge in [-0.2, -0.15) is 4.98 Å². The van der Waals surface area contributed by atoms with Crippen molar-refractivity contribution in [3.05, 3.63) is 55.8 Å². The summed E-state index contributed by atoms with van der Waals surface area (Å²) in [4.78, 5) is 20.2. The molecule has 0 aliphatic rings. The molecule has 0 aliphatic heterocycles. The zero-order valence-corrected chi connectivity index (χ0v) is 15.7. The number of hydrogen-bond donors (Lipinski definition) is 2. The number of aromatic hydroxyl groups is 1. The summed E-state index contributed by atoms with van der Waals surface area (Å²) >= 11 is 1.02. The van der Waals surface area contributed by atoms with E-state index in [2.05, 4.69) is 9.97 Å². The lowest BCUT2D eigenvalue weighted by Gasteiger charge is -2.15. The number of anilines is 1. The van der Waals surface area contributed by atoms with E-state index in [9.17, 15) is 9.90 Å². The Morgan fingerprint density at radius 3 is 2.62 bits per heavy atom. The molecular weight excluding hydrogens is 354 g/mol. The highest BCUT2D eigenvalue weighted by Gasteiger charge is 2.11. The number of rotatable bonds is 7. The molecule has 2 N–H and O–H groups in total. The van der Waals surface area contributed by atoms with Gasteiger partial charge in [0, 0.05) is 13.5 Å². The van der Waals surface area contributed by atoms with Gasteiger partial charge < -0.3 is 19.2 Å². The number of likely N-dealkylation sites (N-methyl/N-ethyl adjacent to an activating group) is 1. The van der Waals surface area contributed by atoms with E-state index < -0.39 is 0 Å². The van der Waals surface area contributed by atoms with E-state index in [1.54, 1.807) is 0 Å². The van der Waals surface area contributed by atoms with E-state index in [1.807, 2.05) is 50.1 Å². The Hall–Kier alpha value is -2.74. The number of nitrogens with zero attached hydrogens (tertiary/aromatic N) is 2. The van der Waals surface area contributed by atoms with Gasteiger partial charge in [-0.15, -0.1) is 0 Å². The first-order valence-corrected chi connectivity index (χ1v) is 9.02. The van der Waals surface area contributed by atoms with Gasteiger partial charge in [-0.1, -0.05) is 23.5 Å². The van der Waals surface area contributed by atoms with Gasteiger partial charge in [0.1, 0.15) is 18.1 Å². The van der Waals surface area contributed by atoms with Crippen LogP contribution in [0, 0.1) is 13.8 Å². The second-order valence-corrected chi connectivity index (χ2v) is 7.08. The fourth-order valence-corrected chi connectivity index (χ4v) is 3.13. The maximum atomic E-state index is 11.2. The van der Waals surface area contributed by atoms with Crippen molar-refractivity contribution in [1.29, 1.82) is 0 Å². The molecule has 0 unspecified atom stereocenters. The maximum Gasteiger partial charge on any atom is 0.307 e. The van der Waals surface area contributed by atoms with E-state index in [0.29, 0.717) is 30.5 Å². The van der Waals surface area contributed by atoms with Gasteiger partial charge in [0.05, 0.1) is 17.1 Å². The van der Waals surface area contributed by atoms with Crippen LogP contribution in [-0.4, -0.2) is 35.3 Å². The monoisotopic (exact) mass is 375 g/mol. The molecule has 0 saturated carbocycles. The third kappa shape index (κ3) is 4.26. The molecule has 0 bridgehead atoms. The second kappa shape index (κ2) is 7.65. The summed E-state index contributed by atoms with van der Waals surface area (Å²) in [5, 5.41) is 9.64. The summed E-state index contributed by atoms with van der Waals surface area (Å²) in [6, 6.07) is 8.18. The fraction of sp³-hybridized carbons (Fsp3) is 0.333. The molecule has 138 valence electrons. The third-order valence-electron chi connectivity index (χ3n) is 4.03. The highest BCUT2D eigenvalue weighted by molar-refractivity contribution is 7.09. The normalized spacial score (nSPS) is 10.9. The molecule has 8 heteroatoms. The lowest BCUT2D eigenvalue weighted by atomic mass is 10.1. The fourth-order valence-electron chi connectivity index (χ4n) is 2.38. The summed E-state index contributed by atoms with van der Waals surface area (Å²) in [7, 11) is 1.91. The number of aromatic amines is 1. The van der Waals surface area contributed by atoms with Gasteiger partial charge in [-0.25, -0.2) is 0 Å². The summed E-state index contributed by atoms with van der Waals surface area (Å²) in [6.07, 6.45) is 0.501. The molecule has 0 aliphatic carbocycles. The van der Waals surface area contributed by atoms with Gasteiger partial charge in [0.15, 0.2) is 0 Å². The van der Waals surface area contributed by atoms with Gasteiger partial charge >= 0.3 is 4.87 Å². The molecule has 0 spiro atoms. The van der Waals surface area contributed by atoms with E-state index in [-0.39, 0.29) is 10.8 Å². The van der Waals surface area contributed by atoms with Crippen molar-refractivity contribution in [1.82, 2.24) is 9.97 Å². The van der Waals surface area contributed by atoms with Gasteiger partial charge in [-0.3, -0.25) is 9.78 Å². The van der Waals surface area contributed by atoms with E-state index >= 15 is 0 Å². The minimum atomic E-state index is -0.252. The van der Waals surface area contributed by atoms with Crippen LogP contribution in [0.4, 0.5) is 6.01 Å². The molecule has 0 atom stereocenters. The van der Waals surface area contributed by atoms with Crippen LogP contribution in [0.25, 0.3) is 0 Å². The number of hydrogen-bond acceptors (Lipinski definition) is 7. The molecule has 0 saturated heterocycles. The highest BCUT2D eigenvalue weighted by Crippen LogP contribution is 2.22. The Morgan fingerprint density at radius 2 is 2.04 bits per heavy atom. The quantitative estimate of drug-likeness (QED) is 0.660. The Bertz CT molecular complexity index is 907. The molecule has 0 radical (unpaired) electrons. The van der Waals surface area contributed by atoms with Gasteiger partial charge in [-0.05, 0) is 31.5 Å². The molecule has 3 aromatic rings.